The third-order valence-corrected chi connectivity index (χ3v) is 8.02. The Kier molecular flexibility index (Phi) is 7.06. The highest BCUT2D eigenvalue weighted by Gasteiger charge is 2.40. The van der Waals surface area contributed by atoms with Crippen LogP contribution in [0.25, 0.3) is 16.7 Å². The lowest BCUT2D eigenvalue weighted by molar-refractivity contribution is -0.137. The van der Waals surface area contributed by atoms with Gasteiger partial charge < -0.3 is 20.7 Å². The summed E-state index contributed by atoms with van der Waals surface area (Å²) in [7, 11) is 1.70. The number of aromatic amines is 1. The number of alkyl halides is 3. The molecule has 2 aromatic carbocycles. The van der Waals surface area contributed by atoms with Gasteiger partial charge in [-0.25, -0.2) is 4.79 Å². The van der Waals surface area contributed by atoms with E-state index in [9.17, 15) is 27.9 Å². The topological polar surface area (TPSA) is 102 Å². The second kappa shape index (κ2) is 10.2. The summed E-state index contributed by atoms with van der Waals surface area (Å²) in [6, 6.07) is 10.7. The van der Waals surface area contributed by atoms with Crippen molar-refractivity contribution in [3.63, 3.8) is 0 Å². The molecule has 1 aromatic heterocycles. The fourth-order valence-electron chi connectivity index (χ4n) is 5.60. The van der Waals surface area contributed by atoms with E-state index in [1.54, 1.807) is 11.6 Å². The minimum Gasteiger partial charge on any atom is -0.385 e. The molecule has 0 bridgehead atoms. The van der Waals surface area contributed by atoms with Crippen molar-refractivity contribution < 1.29 is 23.1 Å². The van der Waals surface area contributed by atoms with E-state index in [1.807, 2.05) is 18.2 Å². The molecule has 4 N–H and O–H groups in total. The van der Waals surface area contributed by atoms with Gasteiger partial charge in [-0.3, -0.25) is 14.3 Å². The van der Waals surface area contributed by atoms with E-state index in [0.717, 1.165) is 41.6 Å². The van der Waals surface area contributed by atoms with Crippen LogP contribution in [-0.4, -0.2) is 57.2 Å². The van der Waals surface area contributed by atoms with E-state index < -0.39 is 17.3 Å². The smallest absolute Gasteiger partial charge is 0.385 e. The van der Waals surface area contributed by atoms with Crippen molar-refractivity contribution in [1.82, 2.24) is 25.1 Å². The number of nitrogens with one attached hydrogen (secondary N) is 3. The SMILES string of the molecule is C=C(NCC(=O)NC1CN(C2CCC(O)(c3ccc4[nH]c(=O)n(C)c4c3)CC2)C1)c1cccc(C(F)(F)F)c1. The lowest BCUT2D eigenvalue weighted by atomic mass is 9.76. The molecule has 1 aliphatic heterocycles. The van der Waals surface area contributed by atoms with Gasteiger partial charge in [-0.05, 0) is 61.1 Å². The molecule has 0 unspecified atom stereocenters. The molecular weight excluding hydrogens is 511 g/mol. The van der Waals surface area contributed by atoms with E-state index in [2.05, 4.69) is 27.1 Å². The fraction of sp³-hybridized carbons (Fsp3) is 0.429. The number of rotatable bonds is 7. The number of carbonyl (C=O) groups excluding carboxylic acids is 1. The monoisotopic (exact) mass is 543 g/mol. The Hall–Kier alpha value is -3.57. The van der Waals surface area contributed by atoms with E-state index >= 15 is 0 Å². The Morgan fingerprint density at radius 2 is 1.90 bits per heavy atom. The van der Waals surface area contributed by atoms with Gasteiger partial charge >= 0.3 is 11.9 Å². The van der Waals surface area contributed by atoms with Crippen LogP contribution < -0.4 is 16.3 Å². The zero-order chi connectivity index (χ0) is 27.9. The summed E-state index contributed by atoms with van der Waals surface area (Å²) >= 11 is 0. The average molecular weight is 544 g/mol. The maximum atomic E-state index is 12.9. The first-order valence-electron chi connectivity index (χ1n) is 13.0. The van der Waals surface area contributed by atoms with Crippen LogP contribution in [0.5, 0.6) is 0 Å². The zero-order valence-corrected chi connectivity index (χ0v) is 21.6. The summed E-state index contributed by atoms with van der Waals surface area (Å²) in [5.41, 5.74) is 0.960. The highest BCUT2D eigenvalue weighted by atomic mass is 19.4. The summed E-state index contributed by atoms with van der Waals surface area (Å²) in [4.78, 5) is 29.4. The highest BCUT2D eigenvalue weighted by Crippen LogP contribution is 2.40. The zero-order valence-electron chi connectivity index (χ0n) is 21.6. The minimum atomic E-state index is -4.45. The Balaban J connectivity index is 1.06. The number of nitrogens with zero attached hydrogens (tertiary/aromatic N) is 2. The van der Waals surface area contributed by atoms with Gasteiger partial charge in [-0.2, -0.15) is 13.2 Å². The molecule has 208 valence electrons. The first kappa shape index (κ1) is 27.0. The van der Waals surface area contributed by atoms with Crippen molar-refractivity contribution in [3.8, 4) is 0 Å². The molecule has 3 aromatic rings. The number of aliphatic hydroxyl groups is 1. The van der Waals surface area contributed by atoms with Crippen LogP contribution in [0.2, 0.25) is 0 Å². The molecule has 0 atom stereocenters. The molecule has 11 heteroatoms. The summed E-state index contributed by atoms with van der Waals surface area (Å²) in [5.74, 6) is -0.250. The maximum absolute atomic E-state index is 12.9. The number of likely N-dealkylation sites (tertiary alicyclic amines) is 1. The Morgan fingerprint density at radius 3 is 2.59 bits per heavy atom. The van der Waals surface area contributed by atoms with Crippen LogP contribution in [0.15, 0.2) is 53.8 Å². The number of aromatic nitrogens is 2. The van der Waals surface area contributed by atoms with Crippen molar-refractivity contribution in [2.75, 3.05) is 19.6 Å². The van der Waals surface area contributed by atoms with Crippen molar-refractivity contribution in [2.24, 2.45) is 7.05 Å². The molecule has 0 spiro atoms. The van der Waals surface area contributed by atoms with Gasteiger partial charge in [0.2, 0.25) is 5.91 Å². The number of hydrogen-bond acceptors (Lipinski definition) is 5. The normalized spacial score (nSPS) is 22.4. The van der Waals surface area contributed by atoms with Crippen LogP contribution in [0.3, 0.4) is 0 Å². The Labute approximate surface area is 223 Å². The molecule has 1 aliphatic carbocycles. The molecule has 8 nitrogen and oxygen atoms in total. The number of fused-ring (bicyclic) bond motifs is 1. The van der Waals surface area contributed by atoms with E-state index in [1.165, 1.54) is 12.1 Å². The quantitative estimate of drug-likeness (QED) is 0.367. The summed E-state index contributed by atoms with van der Waals surface area (Å²) in [5, 5.41) is 17.1. The van der Waals surface area contributed by atoms with Crippen LogP contribution in [0, 0.1) is 0 Å². The standard InChI is InChI=1S/C28H32F3N5O3/c1-17(18-4-3-5-20(12-18)28(29,30)31)32-14-25(37)33-21-15-36(16-21)22-8-10-27(39,11-9-22)19-6-7-23-24(13-19)35(2)26(38)34-23/h3-7,12-13,21-22,32,39H,1,8-11,14-16H2,2H3,(H,33,37)(H,34,38). The lowest BCUT2D eigenvalue weighted by Gasteiger charge is -2.48. The maximum Gasteiger partial charge on any atom is 0.416 e. The summed E-state index contributed by atoms with van der Waals surface area (Å²) in [6.07, 6.45) is -1.59. The van der Waals surface area contributed by atoms with Gasteiger partial charge in [0.25, 0.3) is 0 Å². The molecule has 1 saturated heterocycles. The number of hydrogen-bond donors (Lipinski definition) is 4. The third kappa shape index (κ3) is 5.60. The number of carbonyl (C=O) groups is 1. The second-order valence-corrected chi connectivity index (χ2v) is 10.6. The fourth-order valence-corrected chi connectivity index (χ4v) is 5.60. The van der Waals surface area contributed by atoms with Crippen molar-refractivity contribution in [1.29, 1.82) is 0 Å². The molecular formula is C28H32F3N5O3. The summed E-state index contributed by atoms with van der Waals surface area (Å²) < 4.78 is 40.4. The number of H-pyrrole nitrogens is 1. The van der Waals surface area contributed by atoms with E-state index in [4.69, 9.17) is 0 Å². The van der Waals surface area contributed by atoms with Crippen LogP contribution in [-0.2, 0) is 23.6 Å². The van der Waals surface area contributed by atoms with Gasteiger partial charge in [-0.15, -0.1) is 0 Å². The first-order valence-corrected chi connectivity index (χ1v) is 13.0. The number of imidazole rings is 1. The first-order chi connectivity index (χ1) is 18.4. The van der Waals surface area contributed by atoms with E-state index in [-0.39, 0.29) is 35.4 Å². The third-order valence-electron chi connectivity index (χ3n) is 8.02. The van der Waals surface area contributed by atoms with Gasteiger partial charge in [0.15, 0.2) is 0 Å². The predicted molar refractivity (Wildman–Crippen MR) is 142 cm³/mol. The molecule has 2 aliphatic rings. The van der Waals surface area contributed by atoms with Crippen molar-refractivity contribution in [2.45, 2.75) is 49.5 Å². The lowest BCUT2D eigenvalue weighted by Crippen LogP contribution is -2.63. The minimum absolute atomic E-state index is 0.000724. The van der Waals surface area contributed by atoms with Crippen molar-refractivity contribution in [3.05, 3.63) is 76.2 Å². The molecule has 2 fully saturated rings. The molecule has 1 saturated carbocycles. The highest BCUT2D eigenvalue weighted by molar-refractivity contribution is 5.80. The number of benzene rings is 2. The van der Waals surface area contributed by atoms with Gasteiger partial charge in [0.1, 0.15) is 0 Å². The number of halogens is 3. The van der Waals surface area contributed by atoms with E-state index in [0.29, 0.717) is 32.0 Å². The molecule has 5 rings (SSSR count). The van der Waals surface area contributed by atoms with Crippen LogP contribution >= 0.6 is 0 Å². The average Bonchev–Trinajstić information content (AvgIpc) is 3.17. The number of aryl methyl sites for hydroxylation is 1. The predicted octanol–water partition coefficient (Wildman–Crippen LogP) is 3.08. The van der Waals surface area contributed by atoms with Gasteiger partial charge in [0, 0.05) is 31.9 Å². The second-order valence-electron chi connectivity index (χ2n) is 10.6. The summed E-state index contributed by atoms with van der Waals surface area (Å²) in [6.45, 7) is 5.09. The molecule has 1 amide bonds. The Morgan fingerprint density at radius 1 is 1.18 bits per heavy atom. The Bertz CT molecular complexity index is 1450. The van der Waals surface area contributed by atoms with Gasteiger partial charge in [0.05, 0.1) is 34.8 Å². The van der Waals surface area contributed by atoms with Crippen LogP contribution in [0.4, 0.5) is 13.2 Å². The largest absolute Gasteiger partial charge is 0.416 e. The number of amides is 1. The molecule has 2 heterocycles. The van der Waals surface area contributed by atoms with Crippen molar-refractivity contribution >= 4 is 22.6 Å². The van der Waals surface area contributed by atoms with Crippen LogP contribution in [0.1, 0.15) is 42.4 Å². The van der Waals surface area contributed by atoms with Gasteiger partial charge in [-0.1, -0.05) is 24.8 Å². The molecule has 39 heavy (non-hydrogen) atoms. The molecule has 0 radical (unpaired) electrons.